The van der Waals surface area contributed by atoms with E-state index in [0.29, 0.717) is 12.5 Å². The molecule has 1 aliphatic heterocycles. The zero-order valence-corrected chi connectivity index (χ0v) is 11.2. The highest BCUT2D eigenvalue weighted by Gasteiger charge is 2.30. The molecule has 1 unspecified atom stereocenters. The van der Waals surface area contributed by atoms with Crippen LogP contribution in [0.25, 0.3) is 0 Å². The van der Waals surface area contributed by atoms with Crippen LogP contribution >= 0.6 is 0 Å². The Hall–Kier alpha value is -1.51. The summed E-state index contributed by atoms with van der Waals surface area (Å²) in [6.07, 6.45) is 7.68. The first-order valence-electron chi connectivity index (χ1n) is 7.38. The van der Waals surface area contributed by atoms with E-state index >= 15 is 0 Å². The Balaban J connectivity index is 1.57. The van der Waals surface area contributed by atoms with E-state index in [1.54, 1.807) is 0 Å². The second-order valence-corrected chi connectivity index (χ2v) is 5.62. The van der Waals surface area contributed by atoms with E-state index < -0.39 is 0 Å². The molecular formula is C16H21NO2. The van der Waals surface area contributed by atoms with Gasteiger partial charge in [0.2, 0.25) is 0 Å². The predicted octanol–water partition coefficient (Wildman–Crippen LogP) is 2.83. The summed E-state index contributed by atoms with van der Waals surface area (Å²) in [5, 5.41) is 3.17. The van der Waals surface area contributed by atoms with Crippen LogP contribution in [0.15, 0.2) is 24.3 Å². The molecule has 1 heterocycles. The zero-order valence-electron chi connectivity index (χ0n) is 11.2. The number of benzene rings is 1. The maximum Gasteiger partial charge on any atom is 0.261 e. The summed E-state index contributed by atoms with van der Waals surface area (Å²) in [5.41, 5.74) is 1.14. The van der Waals surface area contributed by atoms with Crippen LogP contribution in [0.3, 0.4) is 0 Å². The predicted molar refractivity (Wildman–Crippen MR) is 74.2 cm³/mol. The molecule has 1 fully saturated rings. The monoisotopic (exact) mass is 259 g/mol. The summed E-state index contributed by atoms with van der Waals surface area (Å²) in [4.78, 5) is 12.3. The molecule has 1 N–H and O–H groups in total. The van der Waals surface area contributed by atoms with Crippen LogP contribution < -0.4 is 10.1 Å². The van der Waals surface area contributed by atoms with Crippen molar-refractivity contribution in [3.8, 4) is 5.75 Å². The topological polar surface area (TPSA) is 38.3 Å². The largest absolute Gasteiger partial charge is 0.480 e. The molecule has 3 rings (SSSR count). The number of hydrogen-bond donors (Lipinski definition) is 1. The lowest BCUT2D eigenvalue weighted by Gasteiger charge is -2.18. The van der Waals surface area contributed by atoms with Gasteiger partial charge in [-0.25, -0.2) is 0 Å². The highest BCUT2D eigenvalue weighted by atomic mass is 16.5. The fourth-order valence-corrected chi connectivity index (χ4v) is 3.05. The summed E-state index contributed by atoms with van der Waals surface area (Å²) in [6.45, 7) is 0. The lowest BCUT2D eigenvalue weighted by atomic mass is 10.1. The minimum atomic E-state index is -0.333. The van der Waals surface area contributed by atoms with Crippen molar-refractivity contribution >= 4 is 5.91 Å². The van der Waals surface area contributed by atoms with Gasteiger partial charge in [-0.3, -0.25) is 4.79 Å². The first-order chi connectivity index (χ1) is 9.33. The van der Waals surface area contributed by atoms with Gasteiger partial charge in [0, 0.05) is 12.5 Å². The molecule has 1 saturated carbocycles. The molecular weight excluding hydrogens is 238 g/mol. The average Bonchev–Trinajstić information content (AvgIpc) is 2.70. The lowest BCUT2D eigenvalue weighted by molar-refractivity contribution is -0.128. The molecule has 2 aliphatic rings. The SMILES string of the molecule is O=C(NC1CCCCCC1)C1Cc2ccccc2O1. The van der Waals surface area contributed by atoms with E-state index in [4.69, 9.17) is 4.74 Å². The number of amides is 1. The minimum Gasteiger partial charge on any atom is -0.480 e. The Kier molecular flexibility index (Phi) is 3.72. The second-order valence-electron chi connectivity index (χ2n) is 5.62. The van der Waals surface area contributed by atoms with Crippen molar-refractivity contribution in [3.05, 3.63) is 29.8 Å². The third kappa shape index (κ3) is 2.91. The van der Waals surface area contributed by atoms with E-state index in [1.807, 2.05) is 24.3 Å². The number of para-hydroxylation sites is 1. The van der Waals surface area contributed by atoms with Crippen LogP contribution in [0, 0.1) is 0 Å². The van der Waals surface area contributed by atoms with E-state index in [9.17, 15) is 4.79 Å². The van der Waals surface area contributed by atoms with Crippen LogP contribution in [0.4, 0.5) is 0 Å². The number of fused-ring (bicyclic) bond motifs is 1. The minimum absolute atomic E-state index is 0.0584. The van der Waals surface area contributed by atoms with Crippen molar-refractivity contribution < 1.29 is 9.53 Å². The summed E-state index contributed by atoms with van der Waals surface area (Å²) in [5.74, 6) is 0.923. The van der Waals surface area contributed by atoms with Crippen molar-refractivity contribution in [1.29, 1.82) is 0 Å². The Bertz CT molecular complexity index is 425. The smallest absolute Gasteiger partial charge is 0.261 e. The standard InChI is InChI=1S/C16H21NO2/c18-16(17-13-8-3-1-2-4-9-13)15-11-12-7-5-6-10-14(12)19-15/h5-7,10,13,15H,1-4,8-9,11H2,(H,17,18). The fourth-order valence-electron chi connectivity index (χ4n) is 3.05. The Morgan fingerprint density at radius 2 is 1.84 bits per heavy atom. The Labute approximate surface area is 114 Å². The molecule has 1 amide bonds. The molecule has 19 heavy (non-hydrogen) atoms. The highest BCUT2D eigenvalue weighted by molar-refractivity contribution is 5.82. The van der Waals surface area contributed by atoms with Crippen molar-refractivity contribution in [2.75, 3.05) is 0 Å². The normalized spacial score (nSPS) is 23.3. The van der Waals surface area contributed by atoms with Gasteiger partial charge < -0.3 is 10.1 Å². The lowest BCUT2D eigenvalue weighted by Crippen LogP contribution is -2.43. The van der Waals surface area contributed by atoms with E-state index in [2.05, 4.69) is 5.32 Å². The Morgan fingerprint density at radius 3 is 2.58 bits per heavy atom. The molecule has 0 aromatic heterocycles. The summed E-state index contributed by atoms with van der Waals surface area (Å²) >= 11 is 0. The summed E-state index contributed by atoms with van der Waals surface area (Å²) < 4.78 is 5.73. The van der Waals surface area contributed by atoms with Gasteiger partial charge in [-0.1, -0.05) is 43.9 Å². The molecule has 0 saturated heterocycles. The molecule has 0 radical (unpaired) electrons. The summed E-state index contributed by atoms with van der Waals surface area (Å²) in [7, 11) is 0. The van der Waals surface area contributed by atoms with Gasteiger partial charge in [-0.15, -0.1) is 0 Å². The molecule has 102 valence electrons. The van der Waals surface area contributed by atoms with Gasteiger partial charge in [0.15, 0.2) is 6.10 Å². The van der Waals surface area contributed by atoms with Crippen LogP contribution in [-0.2, 0) is 11.2 Å². The quantitative estimate of drug-likeness (QED) is 0.829. The van der Waals surface area contributed by atoms with Crippen molar-refractivity contribution in [2.24, 2.45) is 0 Å². The fraction of sp³-hybridized carbons (Fsp3) is 0.562. The van der Waals surface area contributed by atoms with E-state index in [0.717, 1.165) is 24.2 Å². The Morgan fingerprint density at radius 1 is 1.11 bits per heavy atom. The second kappa shape index (κ2) is 5.64. The van der Waals surface area contributed by atoms with Gasteiger partial charge in [-0.05, 0) is 24.5 Å². The molecule has 0 spiro atoms. The molecule has 3 nitrogen and oxygen atoms in total. The zero-order chi connectivity index (χ0) is 13.1. The molecule has 3 heteroatoms. The van der Waals surface area contributed by atoms with Gasteiger partial charge in [0.1, 0.15) is 5.75 Å². The summed E-state index contributed by atoms with van der Waals surface area (Å²) in [6, 6.07) is 8.27. The molecule has 0 bridgehead atoms. The number of carbonyl (C=O) groups is 1. The van der Waals surface area contributed by atoms with E-state index in [1.165, 1.54) is 25.7 Å². The molecule has 1 aromatic rings. The number of rotatable bonds is 2. The van der Waals surface area contributed by atoms with Crippen molar-refractivity contribution in [3.63, 3.8) is 0 Å². The maximum atomic E-state index is 12.3. The number of carbonyl (C=O) groups excluding carboxylic acids is 1. The number of hydrogen-bond acceptors (Lipinski definition) is 2. The molecule has 1 aliphatic carbocycles. The number of nitrogens with one attached hydrogen (secondary N) is 1. The first kappa shape index (κ1) is 12.5. The molecule has 1 atom stereocenters. The van der Waals surface area contributed by atoms with Gasteiger partial charge in [0.05, 0.1) is 0 Å². The van der Waals surface area contributed by atoms with Crippen LogP contribution in [0.2, 0.25) is 0 Å². The highest BCUT2D eigenvalue weighted by Crippen LogP contribution is 2.28. The van der Waals surface area contributed by atoms with Crippen LogP contribution in [0.1, 0.15) is 44.1 Å². The van der Waals surface area contributed by atoms with Gasteiger partial charge in [0.25, 0.3) is 5.91 Å². The van der Waals surface area contributed by atoms with E-state index in [-0.39, 0.29) is 12.0 Å². The van der Waals surface area contributed by atoms with Gasteiger partial charge in [-0.2, -0.15) is 0 Å². The average molecular weight is 259 g/mol. The van der Waals surface area contributed by atoms with Gasteiger partial charge >= 0.3 is 0 Å². The third-order valence-electron chi connectivity index (χ3n) is 4.14. The third-order valence-corrected chi connectivity index (χ3v) is 4.14. The van der Waals surface area contributed by atoms with Crippen LogP contribution in [0.5, 0.6) is 5.75 Å². The first-order valence-corrected chi connectivity index (χ1v) is 7.38. The van der Waals surface area contributed by atoms with Crippen LogP contribution in [-0.4, -0.2) is 18.1 Å². The number of ether oxygens (including phenoxy) is 1. The van der Waals surface area contributed by atoms with Crippen molar-refractivity contribution in [1.82, 2.24) is 5.32 Å². The maximum absolute atomic E-state index is 12.3. The van der Waals surface area contributed by atoms with Crippen molar-refractivity contribution in [2.45, 2.75) is 57.1 Å². The molecule has 1 aromatic carbocycles.